The zero-order valence-electron chi connectivity index (χ0n) is 12.6. The van der Waals surface area contributed by atoms with Crippen LogP contribution in [0.2, 0.25) is 0 Å². The summed E-state index contributed by atoms with van der Waals surface area (Å²) in [6, 6.07) is 7.57. The molecule has 0 aliphatic heterocycles. The molecule has 0 N–H and O–H groups in total. The van der Waals surface area contributed by atoms with E-state index in [1.165, 1.54) is 0 Å². The molecule has 0 spiro atoms. The van der Waals surface area contributed by atoms with E-state index < -0.39 is 0 Å². The van der Waals surface area contributed by atoms with E-state index in [4.69, 9.17) is 9.47 Å². The van der Waals surface area contributed by atoms with E-state index in [-0.39, 0.29) is 0 Å². The molecule has 0 radical (unpaired) electrons. The monoisotopic (exact) mass is 288 g/mol. The largest absolute Gasteiger partial charge is 0.486 e. The molecule has 0 aromatic carbocycles. The van der Waals surface area contributed by atoms with Crippen LogP contribution < -0.4 is 9.47 Å². The van der Waals surface area contributed by atoms with E-state index in [0.29, 0.717) is 13.2 Å². The zero-order chi connectivity index (χ0) is 15.0. The van der Waals surface area contributed by atoms with E-state index in [1.54, 1.807) is 24.8 Å². The topological polar surface area (TPSA) is 44.2 Å². The van der Waals surface area contributed by atoms with Crippen LogP contribution in [0, 0.1) is 0 Å². The lowest BCUT2D eigenvalue weighted by Gasteiger charge is -2.29. The molecule has 0 saturated carbocycles. The Morgan fingerprint density at radius 1 is 0.857 bits per heavy atom. The van der Waals surface area contributed by atoms with E-state index in [1.807, 2.05) is 24.3 Å². The Morgan fingerprint density at radius 2 is 1.33 bits per heavy atom. The Hall–Kier alpha value is -2.14. The summed E-state index contributed by atoms with van der Waals surface area (Å²) in [7, 11) is 4.33. The summed E-state index contributed by atoms with van der Waals surface area (Å²) < 4.78 is 12.2. The van der Waals surface area contributed by atoms with Gasteiger partial charge in [0.05, 0.1) is 26.5 Å². The minimum Gasteiger partial charge on any atom is -0.486 e. The number of rotatable bonds is 8. The summed E-state index contributed by atoms with van der Waals surface area (Å²) in [6.07, 6.45) is 6.93. The van der Waals surface area contributed by atoms with Gasteiger partial charge in [0.25, 0.3) is 0 Å². The number of pyridine rings is 2. The third-order valence-electron chi connectivity index (χ3n) is 3.20. The van der Waals surface area contributed by atoms with Gasteiger partial charge in [-0.15, -0.1) is 0 Å². The molecule has 21 heavy (non-hydrogen) atoms. The lowest BCUT2D eigenvalue weighted by atomic mass is 10.4. The Balaban J connectivity index is 1.67. The summed E-state index contributed by atoms with van der Waals surface area (Å²) in [5.74, 6) is 1.62. The molecule has 0 unspecified atom stereocenters. The van der Waals surface area contributed by atoms with Gasteiger partial charge in [-0.05, 0) is 24.3 Å². The van der Waals surface area contributed by atoms with Crippen LogP contribution in [0.3, 0.4) is 0 Å². The van der Waals surface area contributed by atoms with Gasteiger partial charge < -0.3 is 14.0 Å². The summed E-state index contributed by atoms with van der Waals surface area (Å²) in [5, 5.41) is 0. The van der Waals surface area contributed by atoms with Crippen molar-refractivity contribution >= 4 is 0 Å². The first-order valence-corrected chi connectivity index (χ1v) is 7.03. The number of quaternary nitrogens is 1. The van der Waals surface area contributed by atoms with Crippen LogP contribution in [0.4, 0.5) is 0 Å². The molecule has 2 aromatic heterocycles. The van der Waals surface area contributed by atoms with Crippen molar-refractivity contribution in [1.82, 2.24) is 9.97 Å². The van der Waals surface area contributed by atoms with Crippen LogP contribution in [0.1, 0.15) is 0 Å². The van der Waals surface area contributed by atoms with Crippen molar-refractivity contribution in [2.24, 2.45) is 0 Å². The number of hydrogen-bond donors (Lipinski definition) is 0. The second-order valence-electron chi connectivity index (χ2n) is 5.46. The standard InChI is InChI=1S/C16H22N3O2/c1-19(2,9-11-20-15-5-3-7-17-13-15)10-12-21-16-6-4-8-18-14-16/h3-8,13-14H,9-12H2,1-2H3/q+1. The van der Waals surface area contributed by atoms with Crippen molar-refractivity contribution in [3.05, 3.63) is 49.1 Å². The molecule has 112 valence electrons. The molecule has 0 aliphatic carbocycles. The predicted octanol–water partition coefficient (Wildman–Crippen LogP) is 2.01. The lowest BCUT2D eigenvalue weighted by Crippen LogP contribution is -2.45. The number of aromatic nitrogens is 2. The Bertz CT molecular complexity index is 470. The first kappa shape index (κ1) is 15.3. The van der Waals surface area contributed by atoms with Crippen molar-refractivity contribution in [3.63, 3.8) is 0 Å². The number of ether oxygens (including phenoxy) is 2. The Kier molecular flexibility index (Phi) is 5.51. The van der Waals surface area contributed by atoms with Gasteiger partial charge >= 0.3 is 0 Å². The van der Waals surface area contributed by atoms with Gasteiger partial charge in [0.15, 0.2) is 0 Å². The molecule has 5 heteroatoms. The summed E-state index contributed by atoms with van der Waals surface area (Å²) in [4.78, 5) is 8.05. The fraction of sp³-hybridized carbons (Fsp3) is 0.375. The Morgan fingerprint density at radius 3 is 1.71 bits per heavy atom. The second-order valence-corrected chi connectivity index (χ2v) is 5.46. The van der Waals surface area contributed by atoms with Crippen LogP contribution in [0.5, 0.6) is 11.5 Å². The molecule has 2 aromatic rings. The SMILES string of the molecule is C[N+](C)(CCOc1cccnc1)CCOc1cccnc1. The summed E-state index contributed by atoms with van der Waals surface area (Å²) in [5.41, 5.74) is 0. The number of likely N-dealkylation sites (N-methyl/N-ethyl adjacent to an activating group) is 1. The quantitative estimate of drug-likeness (QED) is 0.697. The minimum absolute atomic E-state index is 0.658. The van der Waals surface area contributed by atoms with Crippen molar-refractivity contribution in [3.8, 4) is 11.5 Å². The Labute approximate surface area is 125 Å². The van der Waals surface area contributed by atoms with E-state index in [2.05, 4.69) is 24.1 Å². The molecular formula is C16H22N3O2+. The molecule has 0 aliphatic rings. The first-order valence-electron chi connectivity index (χ1n) is 7.03. The lowest BCUT2D eigenvalue weighted by molar-refractivity contribution is -0.890. The molecular weight excluding hydrogens is 266 g/mol. The van der Waals surface area contributed by atoms with Gasteiger partial charge in [-0.3, -0.25) is 9.97 Å². The maximum Gasteiger partial charge on any atom is 0.137 e. The first-order chi connectivity index (χ1) is 10.2. The highest BCUT2D eigenvalue weighted by atomic mass is 16.5. The van der Waals surface area contributed by atoms with Crippen LogP contribution >= 0.6 is 0 Å². The van der Waals surface area contributed by atoms with Crippen LogP contribution in [0.25, 0.3) is 0 Å². The zero-order valence-corrected chi connectivity index (χ0v) is 12.6. The minimum atomic E-state index is 0.658. The molecule has 5 nitrogen and oxygen atoms in total. The van der Waals surface area contributed by atoms with Gasteiger partial charge in [-0.2, -0.15) is 0 Å². The highest BCUT2D eigenvalue weighted by Gasteiger charge is 2.15. The number of nitrogens with zero attached hydrogens (tertiary/aromatic N) is 3. The van der Waals surface area contributed by atoms with Gasteiger partial charge in [-0.1, -0.05) is 0 Å². The average molecular weight is 288 g/mol. The summed E-state index contributed by atoms with van der Waals surface area (Å²) >= 11 is 0. The van der Waals surface area contributed by atoms with Crippen molar-refractivity contribution < 1.29 is 14.0 Å². The fourth-order valence-corrected chi connectivity index (χ4v) is 1.80. The predicted molar refractivity (Wildman–Crippen MR) is 81.3 cm³/mol. The van der Waals surface area contributed by atoms with Crippen LogP contribution in [-0.2, 0) is 0 Å². The number of hydrogen-bond acceptors (Lipinski definition) is 4. The third kappa shape index (κ3) is 5.79. The highest BCUT2D eigenvalue weighted by molar-refractivity contribution is 5.15. The van der Waals surface area contributed by atoms with E-state index in [9.17, 15) is 0 Å². The fourth-order valence-electron chi connectivity index (χ4n) is 1.80. The van der Waals surface area contributed by atoms with Crippen molar-refractivity contribution in [2.75, 3.05) is 40.4 Å². The van der Waals surface area contributed by atoms with Crippen molar-refractivity contribution in [1.29, 1.82) is 0 Å². The molecule has 0 amide bonds. The van der Waals surface area contributed by atoms with Crippen molar-refractivity contribution in [2.45, 2.75) is 0 Å². The van der Waals surface area contributed by atoms with Crippen LogP contribution in [-0.4, -0.2) is 54.8 Å². The van der Waals surface area contributed by atoms with Crippen LogP contribution in [0.15, 0.2) is 49.1 Å². The molecule has 0 fully saturated rings. The van der Waals surface area contributed by atoms with Gasteiger partial charge in [0.1, 0.15) is 37.8 Å². The molecule has 0 atom stereocenters. The second kappa shape index (κ2) is 7.59. The highest BCUT2D eigenvalue weighted by Crippen LogP contribution is 2.08. The van der Waals surface area contributed by atoms with Gasteiger partial charge in [0, 0.05) is 12.4 Å². The third-order valence-corrected chi connectivity index (χ3v) is 3.20. The molecule has 2 rings (SSSR count). The smallest absolute Gasteiger partial charge is 0.137 e. The van der Waals surface area contributed by atoms with Gasteiger partial charge in [0.2, 0.25) is 0 Å². The van der Waals surface area contributed by atoms with Gasteiger partial charge in [-0.25, -0.2) is 0 Å². The van der Waals surface area contributed by atoms with E-state index in [0.717, 1.165) is 29.1 Å². The maximum absolute atomic E-state index is 5.68. The average Bonchev–Trinajstić information content (AvgIpc) is 2.49. The molecule has 2 heterocycles. The molecule has 0 saturated heterocycles. The summed E-state index contributed by atoms with van der Waals surface area (Å²) in [6.45, 7) is 3.13. The maximum atomic E-state index is 5.68. The normalized spacial score (nSPS) is 11.1. The molecule has 0 bridgehead atoms. The van der Waals surface area contributed by atoms with E-state index >= 15 is 0 Å².